The van der Waals surface area contributed by atoms with Crippen molar-refractivity contribution < 1.29 is 14.3 Å². The van der Waals surface area contributed by atoms with Gasteiger partial charge < -0.3 is 20.1 Å². The second-order valence-corrected chi connectivity index (χ2v) is 5.87. The van der Waals surface area contributed by atoms with Gasteiger partial charge in [-0.15, -0.1) is 0 Å². The smallest absolute Gasteiger partial charge is 0.242 e. The van der Waals surface area contributed by atoms with Crippen molar-refractivity contribution in [1.29, 1.82) is 0 Å². The van der Waals surface area contributed by atoms with Crippen molar-refractivity contribution in [1.82, 2.24) is 4.90 Å². The highest BCUT2D eigenvalue weighted by molar-refractivity contribution is 5.86. The molecule has 5 heteroatoms. The Balaban J connectivity index is 1.73. The Morgan fingerprint density at radius 1 is 1.29 bits per heavy atom. The van der Waals surface area contributed by atoms with E-state index in [-0.39, 0.29) is 12.7 Å². The zero-order chi connectivity index (χ0) is 14.9. The highest BCUT2D eigenvalue weighted by Crippen LogP contribution is 2.33. The van der Waals surface area contributed by atoms with E-state index in [4.69, 9.17) is 15.2 Å². The summed E-state index contributed by atoms with van der Waals surface area (Å²) >= 11 is 0. The minimum atomic E-state index is -0.660. The maximum absolute atomic E-state index is 12.7. The number of benzene rings is 1. The number of rotatable bonds is 4. The molecular weight excluding hydrogens is 268 g/mol. The number of amides is 1. The number of carbonyl (C=O) groups excluding carboxylic acids is 1. The third-order valence-electron chi connectivity index (χ3n) is 4.40. The van der Waals surface area contributed by atoms with E-state index in [1.165, 1.54) is 0 Å². The van der Waals surface area contributed by atoms with Crippen molar-refractivity contribution in [2.75, 3.05) is 13.3 Å². The number of carbonyl (C=O) groups is 1. The first-order chi connectivity index (χ1) is 10.1. The molecule has 3 rings (SSSR count). The fourth-order valence-corrected chi connectivity index (χ4v) is 3.12. The molecule has 1 saturated carbocycles. The van der Waals surface area contributed by atoms with Gasteiger partial charge in [0.1, 0.15) is 0 Å². The number of nitrogens with zero attached hydrogens (tertiary/aromatic N) is 1. The number of hydrogen-bond donors (Lipinski definition) is 1. The van der Waals surface area contributed by atoms with Crippen LogP contribution in [0.25, 0.3) is 0 Å². The third-order valence-corrected chi connectivity index (χ3v) is 4.40. The van der Waals surface area contributed by atoms with Gasteiger partial charge in [-0.05, 0) is 37.5 Å². The molecule has 1 aromatic rings. The summed E-state index contributed by atoms with van der Waals surface area (Å²) in [5.74, 6) is 1.58. The summed E-state index contributed by atoms with van der Waals surface area (Å²) in [6.45, 7) is 3.47. The molecule has 0 radical (unpaired) electrons. The molecule has 5 nitrogen and oxygen atoms in total. The van der Waals surface area contributed by atoms with E-state index in [0.717, 1.165) is 42.7 Å². The SMILES string of the molecule is CCN(Cc1ccc2c(c1)OCO2)C(=O)C1(N)CCCC1. The molecule has 1 heterocycles. The number of hydrogen-bond acceptors (Lipinski definition) is 4. The van der Waals surface area contributed by atoms with E-state index in [0.29, 0.717) is 13.1 Å². The highest BCUT2D eigenvalue weighted by atomic mass is 16.7. The van der Waals surface area contributed by atoms with Crippen LogP contribution in [0.4, 0.5) is 0 Å². The third kappa shape index (κ3) is 2.70. The Morgan fingerprint density at radius 3 is 2.71 bits per heavy atom. The molecule has 21 heavy (non-hydrogen) atoms. The topological polar surface area (TPSA) is 64.8 Å². The standard InChI is InChI=1S/C16H22N2O3/c1-2-18(15(19)16(17)7-3-4-8-16)10-12-5-6-13-14(9-12)21-11-20-13/h5-6,9H,2-4,7-8,10-11,17H2,1H3. The van der Waals surface area contributed by atoms with Crippen molar-refractivity contribution in [2.45, 2.75) is 44.7 Å². The first kappa shape index (κ1) is 14.2. The average Bonchev–Trinajstić information content (AvgIpc) is 3.13. The minimum Gasteiger partial charge on any atom is -0.454 e. The highest BCUT2D eigenvalue weighted by Gasteiger charge is 2.39. The number of nitrogens with two attached hydrogens (primary N) is 1. The number of likely N-dealkylation sites (N-methyl/N-ethyl adjacent to an activating group) is 1. The molecule has 0 aromatic heterocycles. The summed E-state index contributed by atoms with van der Waals surface area (Å²) in [5, 5.41) is 0. The van der Waals surface area contributed by atoms with Gasteiger partial charge in [-0.3, -0.25) is 4.79 Å². The Morgan fingerprint density at radius 2 is 2.00 bits per heavy atom. The summed E-state index contributed by atoms with van der Waals surface area (Å²) < 4.78 is 10.7. The van der Waals surface area contributed by atoms with Crippen LogP contribution in [0.3, 0.4) is 0 Å². The molecule has 0 unspecified atom stereocenters. The van der Waals surface area contributed by atoms with Crippen molar-refractivity contribution in [3.63, 3.8) is 0 Å². The Hall–Kier alpha value is -1.75. The molecule has 1 aromatic carbocycles. The van der Waals surface area contributed by atoms with E-state index >= 15 is 0 Å². The van der Waals surface area contributed by atoms with Crippen LogP contribution in [0.15, 0.2) is 18.2 Å². The van der Waals surface area contributed by atoms with Crippen molar-refractivity contribution in [2.24, 2.45) is 5.73 Å². The second-order valence-electron chi connectivity index (χ2n) is 5.87. The second kappa shape index (κ2) is 5.56. The first-order valence-electron chi connectivity index (χ1n) is 7.59. The van der Waals surface area contributed by atoms with Crippen LogP contribution in [0.5, 0.6) is 11.5 Å². The minimum absolute atomic E-state index is 0.0696. The van der Waals surface area contributed by atoms with Crippen molar-refractivity contribution in [3.05, 3.63) is 23.8 Å². The number of ether oxygens (including phenoxy) is 2. The lowest BCUT2D eigenvalue weighted by Gasteiger charge is -2.31. The molecule has 0 atom stereocenters. The van der Waals surface area contributed by atoms with Gasteiger partial charge in [0.05, 0.1) is 5.54 Å². The quantitative estimate of drug-likeness (QED) is 0.921. The zero-order valence-electron chi connectivity index (χ0n) is 12.4. The molecule has 1 aliphatic carbocycles. The van der Waals surface area contributed by atoms with Gasteiger partial charge in [0.15, 0.2) is 11.5 Å². The Bertz CT molecular complexity index is 538. The van der Waals surface area contributed by atoms with E-state index in [9.17, 15) is 4.79 Å². The fourth-order valence-electron chi connectivity index (χ4n) is 3.12. The average molecular weight is 290 g/mol. The maximum atomic E-state index is 12.7. The summed E-state index contributed by atoms with van der Waals surface area (Å²) in [4.78, 5) is 14.5. The predicted octanol–water partition coefficient (Wildman–Crippen LogP) is 2.04. The maximum Gasteiger partial charge on any atom is 0.242 e. The summed E-state index contributed by atoms with van der Waals surface area (Å²) in [6.07, 6.45) is 3.68. The van der Waals surface area contributed by atoms with Crippen LogP contribution in [0, 0.1) is 0 Å². The lowest BCUT2D eigenvalue weighted by atomic mass is 9.97. The van der Waals surface area contributed by atoms with Crippen LogP contribution in [0.2, 0.25) is 0 Å². The van der Waals surface area contributed by atoms with Crippen LogP contribution >= 0.6 is 0 Å². The zero-order valence-corrected chi connectivity index (χ0v) is 12.4. The fraction of sp³-hybridized carbons (Fsp3) is 0.562. The van der Waals surface area contributed by atoms with Crippen LogP contribution < -0.4 is 15.2 Å². The van der Waals surface area contributed by atoms with E-state index in [1.54, 1.807) is 0 Å². The monoisotopic (exact) mass is 290 g/mol. The predicted molar refractivity (Wildman–Crippen MR) is 79.0 cm³/mol. The summed E-state index contributed by atoms with van der Waals surface area (Å²) in [7, 11) is 0. The largest absolute Gasteiger partial charge is 0.454 e. The lowest BCUT2D eigenvalue weighted by Crippen LogP contribution is -2.53. The Kier molecular flexibility index (Phi) is 3.76. The van der Waals surface area contributed by atoms with Crippen LogP contribution in [-0.4, -0.2) is 29.7 Å². The van der Waals surface area contributed by atoms with Crippen LogP contribution in [-0.2, 0) is 11.3 Å². The number of fused-ring (bicyclic) bond motifs is 1. The van der Waals surface area contributed by atoms with Gasteiger partial charge in [0.2, 0.25) is 12.7 Å². The van der Waals surface area contributed by atoms with Crippen molar-refractivity contribution in [3.8, 4) is 11.5 Å². The van der Waals surface area contributed by atoms with E-state index < -0.39 is 5.54 Å². The van der Waals surface area contributed by atoms with Gasteiger partial charge in [-0.25, -0.2) is 0 Å². The normalized spacial score (nSPS) is 18.8. The Labute approximate surface area is 125 Å². The molecule has 0 saturated heterocycles. The first-order valence-corrected chi connectivity index (χ1v) is 7.59. The molecule has 0 spiro atoms. The molecular formula is C16H22N2O3. The van der Waals surface area contributed by atoms with Gasteiger partial charge in [0, 0.05) is 13.1 Å². The molecule has 114 valence electrons. The lowest BCUT2D eigenvalue weighted by molar-refractivity contribution is -0.137. The molecule has 2 N–H and O–H groups in total. The van der Waals surface area contributed by atoms with Gasteiger partial charge >= 0.3 is 0 Å². The van der Waals surface area contributed by atoms with E-state index in [2.05, 4.69) is 0 Å². The van der Waals surface area contributed by atoms with Gasteiger partial charge in [-0.1, -0.05) is 18.9 Å². The molecule has 0 bridgehead atoms. The van der Waals surface area contributed by atoms with E-state index in [1.807, 2.05) is 30.0 Å². The summed E-state index contributed by atoms with van der Waals surface area (Å²) in [5.41, 5.74) is 6.66. The summed E-state index contributed by atoms with van der Waals surface area (Å²) in [6, 6.07) is 5.81. The van der Waals surface area contributed by atoms with Crippen LogP contribution in [0.1, 0.15) is 38.2 Å². The van der Waals surface area contributed by atoms with Gasteiger partial charge in [-0.2, -0.15) is 0 Å². The van der Waals surface area contributed by atoms with Crippen molar-refractivity contribution >= 4 is 5.91 Å². The molecule has 2 aliphatic rings. The van der Waals surface area contributed by atoms with Gasteiger partial charge in [0.25, 0.3) is 0 Å². The molecule has 1 aliphatic heterocycles. The molecule has 1 amide bonds. The molecule has 1 fully saturated rings.